The van der Waals surface area contributed by atoms with Gasteiger partial charge in [-0.05, 0) is 41.5 Å². The molecule has 4 rings (SSSR count). The van der Waals surface area contributed by atoms with E-state index in [1.807, 2.05) is 31.2 Å². The lowest BCUT2D eigenvalue weighted by molar-refractivity contribution is -0.164. The summed E-state index contributed by atoms with van der Waals surface area (Å²) in [7, 11) is 0. The molecule has 0 radical (unpaired) electrons. The number of alkyl carbamates (subject to hydrolysis) is 1. The van der Waals surface area contributed by atoms with Gasteiger partial charge in [0, 0.05) is 32.0 Å². The van der Waals surface area contributed by atoms with Crippen LogP contribution in [0.5, 0.6) is 0 Å². The highest BCUT2D eigenvalue weighted by atomic mass is 16.5. The second-order valence-electron chi connectivity index (χ2n) is 9.47. The number of nitrogens with one attached hydrogen (secondary N) is 1. The van der Waals surface area contributed by atoms with Crippen LogP contribution < -0.4 is 5.32 Å². The molecule has 1 aliphatic heterocycles. The Morgan fingerprint density at radius 3 is 2.24 bits per heavy atom. The number of rotatable bonds is 8. The molecule has 2 amide bonds. The molecular formula is C26H30N2O5. The van der Waals surface area contributed by atoms with Crippen molar-refractivity contribution in [1.29, 1.82) is 0 Å². The molecule has 7 heteroatoms. The first-order valence-corrected chi connectivity index (χ1v) is 11.4. The molecule has 33 heavy (non-hydrogen) atoms. The second kappa shape index (κ2) is 9.25. The quantitative estimate of drug-likeness (QED) is 0.636. The molecule has 1 atom stereocenters. The van der Waals surface area contributed by atoms with Crippen molar-refractivity contribution < 1.29 is 24.2 Å². The van der Waals surface area contributed by atoms with Crippen molar-refractivity contribution >= 4 is 18.0 Å². The average molecular weight is 451 g/mol. The fourth-order valence-corrected chi connectivity index (χ4v) is 4.71. The predicted octanol–water partition coefficient (Wildman–Crippen LogP) is 3.87. The third kappa shape index (κ3) is 4.72. The summed E-state index contributed by atoms with van der Waals surface area (Å²) in [5, 5.41) is 11.9. The van der Waals surface area contributed by atoms with E-state index in [1.54, 1.807) is 11.8 Å². The minimum Gasteiger partial charge on any atom is -0.481 e. The average Bonchev–Trinajstić information content (AvgIpc) is 3.09. The van der Waals surface area contributed by atoms with E-state index in [1.165, 1.54) is 22.3 Å². The molecule has 0 aromatic heterocycles. The summed E-state index contributed by atoms with van der Waals surface area (Å²) in [5.41, 5.74) is 3.88. The van der Waals surface area contributed by atoms with Crippen LogP contribution in [0.2, 0.25) is 0 Å². The normalized spacial score (nSPS) is 16.8. The first-order chi connectivity index (χ1) is 15.8. The monoisotopic (exact) mass is 450 g/mol. The molecule has 0 saturated carbocycles. The number of ether oxygens (including phenoxy) is 1. The van der Waals surface area contributed by atoms with Gasteiger partial charge in [-0.25, -0.2) is 4.79 Å². The van der Waals surface area contributed by atoms with E-state index in [4.69, 9.17) is 9.84 Å². The summed E-state index contributed by atoms with van der Waals surface area (Å²) in [4.78, 5) is 37.3. The van der Waals surface area contributed by atoms with Crippen molar-refractivity contribution in [1.82, 2.24) is 10.2 Å². The number of nitrogens with zero attached hydrogens (tertiary/aromatic N) is 1. The Labute approximate surface area is 193 Å². The second-order valence-corrected chi connectivity index (χ2v) is 9.47. The van der Waals surface area contributed by atoms with Gasteiger partial charge in [0.25, 0.3) is 0 Å². The number of carbonyl (C=O) groups is 3. The number of carboxylic acid groups (broad SMARTS) is 1. The van der Waals surface area contributed by atoms with Crippen molar-refractivity contribution in [3.63, 3.8) is 0 Å². The molecule has 2 aromatic rings. The number of benzene rings is 2. The molecule has 1 heterocycles. The van der Waals surface area contributed by atoms with Crippen LogP contribution >= 0.6 is 0 Å². The zero-order valence-corrected chi connectivity index (χ0v) is 19.0. The predicted molar refractivity (Wildman–Crippen MR) is 124 cm³/mol. The molecular weight excluding hydrogens is 420 g/mol. The summed E-state index contributed by atoms with van der Waals surface area (Å²) >= 11 is 0. The minimum atomic E-state index is -0.869. The van der Waals surface area contributed by atoms with Crippen LogP contribution in [0.15, 0.2) is 48.5 Å². The number of carbonyl (C=O) groups excluding carboxylic acids is 2. The van der Waals surface area contributed by atoms with E-state index in [9.17, 15) is 14.4 Å². The Hall–Kier alpha value is -3.35. The Morgan fingerprint density at radius 2 is 1.67 bits per heavy atom. The number of likely N-dealkylation sites (tertiary alicyclic amines) is 1. The molecule has 174 valence electrons. The van der Waals surface area contributed by atoms with Gasteiger partial charge in [0.15, 0.2) is 0 Å². The molecule has 1 fully saturated rings. The van der Waals surface area contributed by atoms with Crippen molar-refractivity contribution in [2.75, 3.05) is 26.2 Å². The molecule has 7 nitrogen and oxygen atoms in total. The summed E-state index contributed by atoms with van der Waals surface area (Å²) < 4.78 is 5.53. The van der Waals surface area contributed by atoms with E-state index >= 15 is 0 Å². The Morgan fingerprint density at radius 1 is 1.09 bits per heavy atom. The minimum absolute atomic E-state index is 0.0210. The molecule has 2 aromatic carbocycles. The maximum Gasteiger partial charge on any atom is 0.407 e. The first kappa shape index (κ1) is 22.8. The number of aliphatic carboxylic acids is 1. The summed E-state index contributed by atoms with van der Waals surface area (Å²) in [6.45, 7) is 4.80. The lowest BCUT2D eigenvalue weighted by atomic mass is 9.81. The summed E-state index contributed by atoms with van der Waals surface area (Å²) in [6.07, 6.45) is 0.512. The summed E-state index contributed by atoms with van der Waals surface area (Å²) in [6, 6.07) is 16.4. The number of amides is 2. The van der Waals surface area contributed by atoms with Gasteiger partial charge in [0.05, 0.1) is 5.41 Å². The lowest BCUT2D eigenvalue weighted by Gasteiger charge is -2.45. The fourth-order valence-electron chi connectivity index (χ4n) is 4.71. The van der Waals surface area contributed by atoms with Crippen LogP contribution in [0.3, 0.4) is 0 Å². The fraction of sp³-hybridized carbons (Fsp3) is 0.423. The molecule has 0 spiro atoms. The molecule has 2 N–H and O–H groups in total. The van der Waals surface area contributed by atoms with E-state index in [0.717, 1.165) is 0 Å². The third-order valence-electron chi connectivity index (χ3n) is 6.72. The van der Waals surface area contributed by atoms with Gasteiger partial charge in [-0.1, -0.05) is 55.5 Å². The first-order valence-electron chi connectivity index (χ1n) is 11.4. The highest BCUT2D eigenvalue weighted by molar-refractivity contribution is 5.83. The van der Waals surface area contributed by atoms with Gasteiger partial charge < -0.3 is 20.1 Å². The molecule has 1 saturated heterocycles. The summed E-state index contributed by atoms with van der Waals surface area (Å²) in [5.74, 6) is -0.815. The topological polar surface area (TPSA) is 95.9 Å². The highest BCUT2D eigenvalue weighted by Crippen LogP contribution is 2.44. The van der Waals surface area contributed by atoms with Crippen LogP contribution in [0.4, 0.5) is 4.79 Å². The van der Waals surface area contributed by atoms with Gasteiger partial charge in [-0.3, -0.25) is 9.59 Å². The number of hydrogen-bond donors (Lipinski definition) is 2. The zero-order chi connectivity index (χ0) is 23.6. The van der Waals surface area contributed by atoms with Gasteiger partial charge in [0.2, 0.25) is 5.91 Å². The highest BCUT2D eigenvalue weighted by Gasteiger charge is 2.47. The van der Waals surface area contributed by atoms with Crippen molar-refractivity contribution in [2.45, 2.75) is 32.6 Å². The SMILES string of the molecule is CC(CCNC(=O)OCC1c2ccccc2-c2ccccc21)CC(=O)N1CC(C)(C(=O)O)C1. The Kier molecular flexibility index (Phi) is 6.40. The van der Waals surface area contributed by atoms with Crippen molar-refractivity contribution in [3.05, 3.63) is 59.7 Å². The van der Waals surface area contributed by atoms with Crippen LogP contribution in [0.1, 0.15) is 43.7 Å². The zero-order valence-electron chi connectivity index (χ0n) is 19.0. The van der Waals surface area contributed by atoms with Crippen molar-refractivity contribution in [3.8, 4) is 11.1 Å². The van der Waals surface area contributed by atoms with Gasteiger partial charge >= 0.3 is 12.1 Å². The van der Waals surface area contributed by atoms with Crippen LogP contribution in [0, 0.1) is 11.3 Å². The van der Waals surface area contributed by atoms with Gasteiger partial charge in [-0.2, -0.15) is 0 Å². The maximum atomic E-state index is 12.3. The number of hydrogen-bond acceptors (Lipinski definition) is 4. The van der Waals surface area contributed by atoms with E-state index in [0.29, 0.717) is 19.4 Å². The molecule has 2 aliphatic rings. The Balaban J connectivity index is 1.19. The number of carboxylic acids is 1. The van der Waals surface area contributed by atoms with Crippen LogP contribution in [-0.2, 0) is 14.3 Å². The van der Waals surface area contributed by atoms with E-state index < -0.39 is 17.5 Å². The third-order valence-corrected chi connectivity index (χ3v) is 6.72. The van der Waals surface area contributed by atoms with Gasteiger partial charge in [-0.15, -0.1) is 0 Å². The van der Waals surface area contributed by atoms with E-state index in [-0.39, 0.29) is 37.4 Å². The number of fused-ring (bicyclic) bond motifs is 3. The molecule has 0 bridgehead atoms. The van der Waals surface area contributed by atoms with E-state index in [2.05, 4.69) is 29.6 Å². The maximum absolute atomic E-state index is 12.3. The molecule has 1 unspecified atom stereocenters. The molecule has 1 aliphatic carbocycles. The van der Waals surface area contributed by atoms with Crippen LogP contribution in [0.25, 0.3) is 11.1 Å². The van der Waals surface area contributed by atoms with Crippen molar-refractivity contribution in [2.24, 2.45) is 11.3 Å². The Bertz CT molecular complexity index is 1010. The standard InChI is InChI=1S/C26H30N2O5/c1-17(13-23(29)28-15-26(2,16-28)24(30)31)11-12-27-25(32)33-14-22-20-9-5-3-7-18(20)19-8-4-6-10-21(19)22/h3-10,17,22H,11-16H2,1-2H3,(H,27,32)(H,30,31). The van der Waals surface area contributed by atoms with Gasteiger partial charge in [0.1, 0.15) is 6.61 Å². The lowest BCUT2D eigenvalue weighted by Crippen LogP contribution is -2.60. The largest absolute Gasteiger partial charge is 0.481 e. The smallest absolute Gasteiger partial charge is 0.407 e. The van der Waals surface area contributed by atoms with Crippen LogP contribution in [-0.4, -0.2) is 54.2 Å².